The Morgan fingerprint density at radius 1 is 1.00 bits per heavy atom. The van der Waals surface area contributed by atoms with E-state index in [4.69, 9.17) is 4.74 Å². The van der Waals surface area contributed by atoms with Gasteiger partial charge in [0, 0.05) is 6.08 Å². The largest absolute Gasteiger partial charge is 0.423 e. The van der Waals surface area contributed by atoms with E-state index < -0.39 is 0 Å². The van der Waals surface area contributed by atoms with Gasteiger partial charge in [0.2, 0.25) is 0 Å². The minimum atomic E-state index is -0.356. The summed E-state index contributed by atoms with van der Waals surface area (Å²) in [5, 5.41) is 0. The van der Waals surface area contributed by atoms with Crippen LogP contribution in [-0.2, 0) is 4.79 Å². The van der Waals surface area contributed by atoms with Crippen LogP contribution in [0.25, 0.3) is 6.08 Å². The van der Waals surface area contributed by atoms with E-state index in [0.29, 0.717) is 11.7 Å². The molecule has 0 saturated carbocycles. The van der Waals surface area contributed by atoms with E-state index in [1.165, 1.54) is 11.6 Å². The van der Waals surface area contributed by atoms with E-state index >= 15 is 0 Å². The van der Waals surface area contributed by atoms with Crippen LogP contribution in [0.15, 0.2) is 48.5 Å². The molecule has 0 aliphatic rings. The molecule has 0 aliphatic carbocycles. The first-order valence-electron chi connectivity index (χ1n) is 7.53. The molecule has 0 aliphatic heterocycles. The lowest BCUT2D eigenvalue weighted by atomic mass is 10.0. The second-order valence-corrected chi connectivity index (χ2v) is 5.80. The summed E-state index contributed by atoms with van der Waals surface area (Å²) in [6.45, 7) is 8.19. The highest BCUT2D eigenvalue weighted by atomic mass is 16.5. The molecule has 2 nitrogen and oxygen atoms in total. The molecule has 0 spiro atoms. The summed E-state index contributed by atoms with van der Waals surface area (Å²) in [5.74, 6) is 0.796. The Morgan fingerprint density at radius 3 is 2.14 bits per heavy atom. The van der Waals surface area contributed by atoms with Crippen LogP contribution in [0, 0.1) is 13.8 Å². The van der Waals surface area contributed by atoms with Crippen LogP contribution < -0.4 is 4.74 Å². The molecule has 0 radical (unpaired) electrons. The SMILES string of the molecule is Cc1cccc(C)c1OC(=O)/C=C/c1ccc(C(C)C)cc1. The van der Waals surface area contributed by atoms with Gasteiger partial charge in [-0.25, -0.2) is 4.79 Å². The average molecular weight is 294 g/mol. The van der Waals surface area contributed by atoms with Crippen LogP contribution in [0.1, 0.15) is 42.0 Å². The van der Waals surface area contributed by atoms with E-state index in [9.17, 15) is 4.79 Å². The number of ether oxygens (including phenoxy) is 1. The number of benzene rings is 2. The minimum absolute atomic E-state index is 0.356. The molecule has 0 atom stereocenters. The van der Waals surface area contributed by atoms with Crippen molar-refractivity contribution in [3.63, 3.8) is 0 Å². The van der Waals surface area contributed by atoms with Crippen molar-refractivity contribution in [2.45, 2.75) is 33.6 Å². The van der Waals surface area contributed by atoms with Crippen LogP contribution in [0.5, 0.6) is 5.75 Å². The van der Waals surface area contributed by atoms with Gasteiger partial charge in [0.15, 0.2) is 0 Å². The maximum atomic E-state index is 12.0. The van der Waals surface area contributed by atoms with Crippen LogP contribution in [0.3, 0.4) is 0 Å². The lowest BCUT2D eigenvalue weighted by Gasteiger charge is -2.08. The lowest BCUT2D eigenvalue weighted by Crippen LogP contribution is -2.06. The number of hydrogen-bond acceptors (Lipinski definition) is 2. The van der Waals surface area contributed by atoms with Crippen molar-refractivity contribution in [1.82, 2.24) is 0 Å². The van der Waals surface area contributed by atoms with Crippen molar-refractivity contribution in [2.24, 2.45) is 0 Å². The fourth-order valence-electron chi connectivity index (χ4n) is 2.25. The maximum Gasteiger partial charge on any atom is 0.336 e. The summed E-state index contributed by atoms with van der Waals surface area (Å²) in [6, 6.07) is 14.0. The standard InChI is InChI=1S/C20H22O2/c1-14(2)18-11-8-17(9-12-18)10-13-19(21)22-20-15(3)6-5-7-16(20)4/h5-14H,1-4H3/b13-10+. The molecule has 0 unspecified atom stereocenters. The zero-order chi connectivity index (χ0) is 16.1. The summed E-state index contributed by atoms with van der Waals surface area (Å²) in [7, 11) is 0. The Kier molecular flexibility index (Phi) is 5.16. The number of carbonyl (C=O) groups is 1. The predicted octanol–water partition coefficient (Wildman–Crippen LogP) is 5.05. The van der Waals surface area contributed by atoms with Crippen LogP contribution in [0.2, 0.25) is 0 Å². The summed E-state index contributed by atoms with van der Waals surface area (Å²) in [4.78, 5) is 12.0. The molecule has 2 aromatic rings. The smallest absolute Gasteiger partial charge is 0.336 e. The molecule has 0 saturated heterocycles. The monoisotopic (exact) mass is 294 g/mol. The predicted molar refractivity (Wildman–Crippen MR) is 91.1 cm³/mol. The first-order chi connectivity index (χ1) is 10.5. The number of carbonyl (C=O) groups excluding carboxylic acids is 1. The molecule has 0 amide bonds. The molecule has 0 aromatic heterocycles. The quantitative estimate of drug-likeness (QED) is 0.448. The molecule has 2 aromatic carbocycles. The van der Waals surface area contributed by atoms with Gasteiger partial charge in [-0.3, -0.25) is 0 Å². The van der Waals surface area contributed by atoms with Crippen molar-refractivity contribution >= 4 is 12.0 Å². The third-order valence-corrected chi connectivity index (χ3v) is 3.63. The molecule has 0 N–H and O–H groups in total. The average Bonchev–Trinajstić information content (AvgIpc) is 2.49. The zero-order valence-corrected chi connectivity index (χ0v) is 13.6. The first kappa shape index (κ1) is 16.0. The zero-order valence-electron chi connectivity index (χ0n) is 13.6. The van der Waals surface area contributed by atoms with Gasteiger partial charge >= 0.3 is 5.97 Å². The van der Waals surface area contributed by atoms with Crippen molar-refractivity contribution < 1.29 is 9.53 Å². The summed E-state index contributed by atoms with van der Waals surface area (Å²) >= 11 is 0. The normalized spacial score (nSPS) is 11.1. The summed E-state index contributed by atoms with van der Waals surface area (Å²) in [5.41, 5.74) is 4.20. The van der Waals surface area contributed by atoms with E-state index in [1.54, 1.807) is 6.08 Å². The number of hydrogen-bond donors (Lipinski definition) is 0. The van der Waals surface area contributed by atoms with Gasteiger partial charge in [0.05, 0.1) is 0 Å². The van der Waals surface area contributed by atoms with Gasteiger partial charge in [-0.05, 0) is 48.1 Å². The van der Waals surface area contributed by atoms with Gasteiger partial charge in [0.25, 0.3) is 0 Å². The molecule has 2 rings (SSSR count). The van der Waals surface area contributed by atoms with Gasteiger partial charge in [0.1, 0.15) is 5.75 Å². The molecule has 0 fully saturated rings. The van der Waals surface area contributed by atoms with Crippen molar-refractivity contribution in [1.29, 1.82) is 0 Å². The summed E-state index contributed by atoms with van der Waals surface area (Å²) in [6.07, 6.45) is 3.25. The molecule has 2 heteroatoms. The Hall–Kier alpha value is -2.35. The molecular weight excluding hydrogens is 272 g/mol. The highest BCUT2D eigenvalue weighted by molar-refractivity contribution is 5.89. The Morgan fingerprint density at radius 2 is 1.59 bits per heavy atom. The van der Waals surface area contributed by atoms with Gasteiger partial charge < -0.3 is 4.74 Å². The number of rotatable bonds is 4. The second-order valence-electron chi connectivity index (χ2n) is 5.80. The maximum absolute atomic E-state index is 12.0. The van der Waals surface area contributed by atoms with E-state index in [-0.39, 0.29) is 5.97 Å². The van der Waals surface area contributed by atoms with Crippen molar-refractivity contribution in [3.8, 4) is 5.75 Å². The third kappa shape index (κ3) is 4.08. The molecule has 22 heavy (non-hydrogen) atoms. The molecule has 0 bridgehead atoms. The molecule has 0 heterocycles. The third-order valence-electron chi connectivity index (χ3n) is 3.63. The van der Waals surface area contributed by atoms with Gasteiger partial charge in [-0.15, -0.1) is 0 Å². The fraction of sp³-hybridized carbons (Fsp3) is 0.250. The first-order valence-corrected chi connectivity index (χ1v) is 7.53. The van der Waals surface area contributed by atoms with Crippen LogP contribution in [0.4, 0.5) is 0 Å². The minimum Gasteiger partial charge on any atom is -0.423 e. The van der Waals surface area contributed by atoms with Gasteiger partial charge in [-0.2, -0.15) is 0 Å². The van der Waals surface area contributed by atoms with Crippen molar-refractivity contribution in [2.75, 3.05) is 0 Å². The Bertz CT molecular complexity index is 659. The molecule has 114 valence electrons. The van der Waals surface area contributed by atoms with E-state index in [0.717, 1.165) is 16.7 Å². The van der Waals surface area contributed by atoms with E-state index in [2.05, 4.69) is 26.0 Å². The van der Waals surface area contributed by atoms with E-state index in [1.807, 2.05) is 44.2 Å². The molecular formula is C20H22O2. The van der Waals surface area contributed by atoms with Crippen LogP contribution in [-0.4, -0.2) is 5.97 Å². The number of esters is 1. The second kappa shape index (κ2) is 7.08. The Balaban J connectivity index is 2.05. The Labute approximate surface area is 132 Å². The highest BCUT2D eigenvalue weighted by Crippen LogP contribution is 2.22. The van der Waals surface area contributed by atoms with Crippen molar-refractivity contribution in [3.05, 3.63) is 70.8 Å². The number of para-hydroxylation sites is 1. The summed E-state index contributed by atoms with van der Waals surface area (Å²) < 4.78 is 5.43. The highest BCUT2D eigenvalue weighted by Gasteiger charge is 2.07. The van der Waals surface area contributed by atoms with Crippen LogP contribution >= 0.6 is 0 Å². The lowest BCUT2D eigenvalue weighted by molar-refractivity contribution is -0.129. The van der Waals surface area contributed by atoms with Gasteiger partial charge in [-0.1, -0.05) is 56.3 Å². The fourth-order valence-corrected chi connectivity index (χ4v) is 2.25. The topological polar surface area (TPSA) is 26.3 Å². The number of aryl methyl sites for hydroxylation is 2.